The van der Waals surface area contributed by atoms with Crippen LogP contribution in [0.15, 0.2) is 18.2 Å². The molecule has 0 bridgehead atoms. The molecule has 0 saturated heterocycles. The largest absolute Gasteiger partial charge is 0.494 e. The van der Waals surface area contributed by atoms with Gasteiger partial charge in [0.15, 0.2) is 0 Å². The second-order valence-electron chi connectivity index (χ2n) is 5.49. The van der Waals surface area contributed by atoms with E-state index in [1.807, 2.05) is 6.07 Å². The summed E-state index contributed by atoms with van der Waals surface area (Å²) in [7, 11) is 0. The molecule has 2 unspecified atom stereocenters. The van der Waals surface area contributed by atoms with E-state index in [0.29, 0.717) is 12.5 Å². The van der Waals surface area contributed by atoms with Crippen LogP contribution in [0.3, 0.4) is 0 Å². The molecular formula is C17H29NO2. The van der Waals surface area contributed by atoms with Crippen molar-refractivity contribution in [1.29, 1.82) is 0 Å². The summed E-state index contributed by atoms with van der Waals surface area (Å²) in [5, 5.41) is 9.34. The maximum atomic E-state index is 9.34. The number of nitrogens with two attached hydrogens (primary N) is 1. The van der Waals surface area contributed by atoms with Gasteiger partial charge in [-0.2, -0.15) is 0 Å². The van der Waals surface area contributed by atoms with E-state index in [4.69, 9.17) is 10.5 Å². The molecule has 2 atom stereocenters. The van der Waals surface area contributed by atoms with Gasteiger partial charge in [-0.3, -0.25) is 0 Å². The molecule has 0 saturated carbocycles. The van der Waals surface area contributed by atoms with Gasteiger partial charge in [0.25, 0.3) is 0 Å². The molecule has 0 spiro atoms. The SMILES string of the molecule is CCCOc1ccc(CC(C)C(CN)CO)c(CC)c1. The monoisotopic (exact) mass is 279 g/mol. The van der Waals surface area contributed by atoms with Crippen molar-refractivity contribution < 1.29 is 9.84 Å². The lowest BCUT2D eigenvalue weighted by molar-refractivity contribution is 0.187. The molecule has 0 aliphatic carbocycles. The lowest BCUT2D eigenvalue weighted by Crippen LogP contribution is -2.26. The zero-order chi connectivity index (χ0) is 15.0. The zero-order valence-corrected chi connectivity index (χ0v) is 13.1. The predicted molar refractivity (Wildman–Crippen MR) is 84.1 cm³/mol. The van der Waals surface area contributed by atoms with Crippen molar-refractivity contribution in [2.24, 2.45) is 17.6 Å². The number of aryl methyl sites for hydroxylation is 1. The molecule has 3 nitrogen and oxygen atoms in total. The fourth-order valence-corrected chi connectivity index (χ4v) is 2.44. The van der Waals surface area contributed by atoms with E-state index in [1.165, 1.54) is 11.1 Å². The maximum absolute atomic E-state index is 9.34. The fraction of sp³-hybridized carbons (Fsp3) is 0.647. The van der Waals surface area contributed by atoms with Crippen LogP contribution in [0.25, 0.3) is 0 Å². The summed E-state index contributed by atoms with van der Waals surface area (Å²) in [5.74, 6) is 1.52. The van der Waals surface area contributed by atoms with Gasteiger partial charge < -0.3 is 15.6 Å². The molecule has 0 amide bonds. The molecule has 114 valence electrons. The molecule has 3 N–H and O–H groups in total. The third-order valence-electron chi connectivity index (χ3n) is 3.92. The van der Waals surface area contributed by atoms with Gasteiger partial charge in [0.05, 0.1) is 6.61 Å². The zero-order valence-electron chi connectivity index (χ0n) is 13.1. The van der Waals surface area contributed by atoms with Gasteiger partial charge in [0, 0.05) is 6.61 Å². The molecule has 20 heavy (non-hydrogen) atoms. The number of benzene rings is 1. The molecule has 0 aromatic heterocycles. The second-order valence-corrected chi connectivity index (χ2v) is 5.49. The smallest absolute Gasteiger partial charge is 0.119 e. The summed E-state index contributed by atoms with van der Waals surface area (Å²) >= 11 is 0. The summed E-state index contributed by atoms with van der Waals surface area (Å²) in [6.07, 6.45) is 2.98. The Hall–Kier alpha value is -1.06. The summed E-state index contributed by atoms with van der Waals surface area (Å²) in [4.78, 5) is 0. The third-order valence-corrected chi connectivity index (χ3v) is 3.92. The average Bonchev–Trinajstić information content (AvgIpc) is 2.47. The molecular weight excluding hydrogens is 250 g/mol. The van der Waals surface area contributed by atoms with E-state index in [-0.39, 0.29) is 12.5 Å². The van der Waals surface area contributed by atoms with Crippen LogP contribution in [0.1, 0.15) is 38.3 Å². The topological polar surface area (TPSA) is 55.5 Å². The first-order valence-electron chi connectivity index (χ1n) is 7.71. The maximum Gasteiger partial charge on any atom is 0.119 e. The summed E-state index contributed by atoms with van der Waals surface area (Å²) < 4.78 is 5.69. The first kappa shape index (κ1) is 17.0. The van der Waals surface area contributed by atoms with Crippen LogP contribution in [0, 0.1) is 11.8 Å². The lowest BCUT2D eigenvalue weighted by atomic mass is 9.87. The van der Waals surface area contributed by atoms with E-state index in [2.05, 4.69) is 32.9 Å². The molecule has 0 radical (unpaired) electrons. The summed E-state index contributed by atoms with van der Waals surface area (Å²) in [6, 6.07) is 6.35. The van der Waals surface area contributed by atoms with Crippen molar-refractivity contribution in [3.8, 4) is 5.75 Å². The Bertz CT molecular complexity index is 389. The van der Waals surface area contributed by atoms with Gasteiger partial charge in [-0.15, -0.1) is 0 Å². The van der Waals surface area contributed by atoms with Crippen molar-refractivity contribution in [3.63, 3.8) is 0 Å². The van der Waals surface area contributed by atoms with E-state index in [1.54, 1.807) is 0 Å². The van der Waals surface area contributed by atoms with Crippen molar-refractivity contribution >= 4 is 0 Å². The Labute approximate surface area is 123 Å². The highest BCUT2D eigenvalue weighted by Crippen LogP contribution is 2.24. The van der Waals surface area contributed by atoms with Crippen LogP contribution in [0.2, 0.25) is 0 Å². The minimum atomic E-state index is 0.164. The number of ether oxygens (including phenoxy) is 1. The van der Waals surface area contributed by atoms with Crippen LogP contribution in [-0.4, -0.2) is 24.9 Å². The number of hydrogen-bond acceptors (Lipinski definition) is 3. The standard InChI is InChI=1S/C17H29NO2/c1-4-8-20-17-7-6-15(14(5-2)10-17)9-13(3)16(11-18)12-19/h6-7,10,13,16,19H,4-5,8-9,11-12,18H2,1-3H3. The Morgan fingerprint density at radius 3 is 2.55 bits per heavy atom. The van der Waals surface area contributed by atoms with Gasteiger partial charge in [0.1, 0.15) is 5.75 Å². The Morgan fingerprint density at radius 2 is 2.00 bits per heavy atom. The van der Waals surface area contributed by atoms with E-state index >= 15 is 0 Å². The van der Waals surface area contributed by atoms with Crippen LogP contribution >= 0.6 is 0 Å². The van der Waals surface area contributed by atoms with E-state index in [0.717, 1.165) is 31.6 Å². The molecule has 0 aliphatic rings. The van der Waals surface area contributed by atoms with Gasteiger partial charge in [-0.05, 0) is 60.9 Å². The number of rotatable bonds is 9. The van der Waals surface area contributed by atoms with Gasteiger partial charge in [-0.25, -0.2) is 0 Å². The minimum Gasteiger partial charge on any atom is -0.494 e. The van der Waals surface area contributed by atoms with Crippen molar-refractivity contribution in [2.75, 3.05) is 19.8 Å². The predicted octanol–water partition coefficient (Wildman–Crippen LogP) is 2.78. The average molecular weight is 279 g/mol. The molecule has 1 rings (SSSR count). The lowest BCUT2D eigenvalue weighted by Gasteiger charge is -2.22. The van der Waals surface area contributed by atoms with Gasteiger partial charge >= 0.3 is 0 Å². The molecule has 1 aromatic carbocycles. The second kappa shape index (κ2) is 8.98. The van der Waals surface area contributed by atoms with Crippen molar-refractivity contribution in [1.82, 2.24) is 0 Å². The Kier molecular flexibility index (Phi) is 7.63. The molecule has 0 fully saturated rings. The highest BCUT2D eigenvalue weighted by atomic mass is 16.5. The number of aliphatic hydroxyl groups excluding tert-OH is 1. The molecule has 3 heteroatoms. The van der Waals surface area contributed by atoms with Crippen LogP contribution in [0.4, 0.5) is 0 Å². The fourth-order valence-electron chi connectivity index (χ4n) is 2.44. The Morgan fingerprint density at radius 1 is 1.25 bits per heavy atom. The Balaban J connectivity index is 2.79. The number of hydrogen-bond donors (Lipinski definition) is 2. The van der Waals surface area contributed by atoms with Crippen LogP contribution in [0.5, 0.6) is 5.75 Å². The minimum absolute atomic E-state index is 0.164. The molecule has 0 aliphatic heterocycles. The van der Waals surface area contributed by atoms with E-state index < -0.39 is 0 Å². The van der Waals surface area contributed by atoms with Crippen LogP contribution in [-0.2, 0) is 12.8 Å². The quantitative estimate of drug-likeness (QED) is 0.731. The number of aliphatic hydroxyl groups is 1. The van der Waals surface area contributed by atoms with Crippen molar-refractivity contribution in [3.05, 3.63) is 29.3 Å². The first-order valence-corrected chi connectivity index (χ1v) is 7.71. The highest BCUT2D eigenvalue weighted by Gasteiger charge is 2.16. The van der Waals surface area contributed by atoms with Gasteiger partial charge in [-0.1, -0.05) is 26.8 Å². The summed E-state index contributed by atoms with van der Waals surface area (Å²) in [5.41, 5.74) is 8.38. The highest BCUT2D eigenvalue weighted by molar-refractivity contribution is 5.36. The van der Waals surface area contributed by atoms with Gasteiger partial charge in [0.2, 0.25) is 0 Å². The normalized spacial score (nSPS) is 14.1. The van der Waals surface area contributed by atoms with Crippen LogP contribution < -0.4 is 10.5 Å². The summed E-state index contributed by atoms with van der Waals surface area (Å²) in [6.45, 7) is 7.90. The van der Waals surface area contributed by atoms with E-state index in [9.17, 15) is 5.11 Å². The molecule has 0 heterocycles. The third kappa shape index (κ3) is 4.80. The first-order chi connectivity index (χ1) is 9.65. The molecule has 1 aromatic rings. The van der Waals surface area contributed by atoms with Crippen molar-refractivity contribution in [2.45, 2.75) is 40.0 Å².